The summed E-state index contributed by atoms with van der Waals surface area (Å²) in [5, 5.41) is 0.508. The molecule has 3 rings (SSSR count). The van der Waals surface area contributed by atoms with E-state index in [-0.39, 0.29) is 17.7 Å². The first kappa shape index (κ1) is 19.5. The predicted octanol–water partition coefficient (Wildman–Crippen LogP) is 5.84. The van der Waals surface area contributed by atoms with Gasteiger partial charge in [0, 0.05) is 0 Å². The van der Waals surface area contributed by atoms with Crippen molar-refractivity contribution in [3.8, 4) is 5.75 Å². The number of imide groups is 1. The lowest BCUT2D eigenvalue weighted by Crippen LogP contribution is -2.27. The number of nitrogens with zero attached hydrogens (tertiary/aromatic N) is 1. The maximum Gasteiger partial charge on any atom is 0.293 e. The van der Waals surface area contributed by atoms with Crippen LogP contribution in [0.4, 0.5) is 4.79 Å². The average molecular weight is 520 g/mol. The maximum absolute atomic E-state index is 12.6. The molecule has 8 heteroatoms. The number of thioether (sulfide) groups is 1. The van der Waals surface area contributed by atoms with E-state index in [0.29, 0.717) is 15.0 Å². The molecule has 2 aromatic carbocycles. The van der Waals surface area contributed by atoms with E-state index in [4.69, 9.17) is 27.9 Å². The number of rotatable bonds is 4. The molecule has 0 aromatic heterocycles. The molecule has 0 aliphatic carbocycles. The van der Waals surface area contributed by atoms with E-state index < -0.39 is 0 Å². The Hall–Kier alpha value is -1.22. The third kappa shape index (κ3) is 4.19. The van der Waals surface area contributed by atoms with E-state index in [1.165, 1.54) is 4.90 Å². The molecule has 1 fully saturated rings. The van der Waals surface area contributed by atoms with Gasteiger partial charge in [0.05, 0.1) is 32.2 Å². The van der Waals surface area contributed by atoms with Crippen LogP contribution in [0.25, 0.3) is 6.08 Å². The van der Waals surface area contributed by atoms with E-state index in [1.807, 2.05) is 18.2 Å². The number of hydrogen-bond donors (Lipinski definition) is 0. The highest BCUT2D eigenvalue weighted by Crippen LogP contribution is 2.34. The Balaban J connectivity index is 1.82. The van der Waals surface area contributed by atoms with E-state index in [2.05, 4.69) is 22.6 Å². The van der Waals surface area contributed by atoms with Gasteiger partial charge in [0.25, 0.3) is 11.1 Å². The van der Waals surface area contributed by atoms with Crippen LogP contribution >= 0.6 is 57.6 Å². The second-order valence-corrected chi connectivity index (χ2v) is 8.38. The van der Waals surface area contributed by atoms with Gasteiger partial charge in [-0.25, -0.2) is 0 Å². The summed E-state index contributed by atoms with van der Waals surface area (Å²) in [6.07, 6.45) is 1.71. The normalized spacial score (nSPS) is 15.8. The van der Waals surface area contributed by atoms with Crippen LogP contribution in [-0.4, -0.2) is 23.2 Å². The smallest absolute Gasteiger partial charge is 0.293 e. The zero-order valence-electron chi connectivity index (χ0n) is 13.5. The lowest BCUT2D eigenvalue weighted by Gasteiger charge is -2.13. The fourth-order valence-corrected chi connectivity index (χ4v) is 4.30. The van der Waals surface area contributed by atoms with Gasteiger partial charge in [-0.05, 0) is 75.8 Å². The Morgan fingerprint density at radius 3 is 2.58 bits per heavy atom. The van der Waals surface area contributed by atoms with Gasteiger partial charge in [-0.15, -0.1) is 0 Å². The molecule has 0 radical (unpaired) electrons. The van der Waals surface area contributed by atoms with E-state index in [0.717, 1.165) is 32.2 Å². The number of methoxy groups -OCH3 is 1. The number of amides is 2. The van der Waals surface area contributed by atoms with E-state index >= 15 is 0 Å². The minimum atomic E-state index is -0.322. The SMILES string of the molecule is COc1ccc(/C=C2\SC(=O)N(Cc3ccc(Cl)c(Cl)c3)C2=O)cc1I. The summed E-state index contributed by atoms with van der Waals surface area (Å²) < 4.78 is 6.15. The van der Waals surface area contributed by atoms with Gasteiger partial charge in [0.1, 0.15) is 5.75 Å². The molecule has 0 N–H and O–H groups in total. The van der Waals surface area contributed by atoms with Gasteiger partial charge in [-0.2, -0.15) is 0 Å². The molecule has 1 aliphatic heterocycles. The number of hydrogen-bond acceptors (Lipinski definition) is 4. The standard InChI is InChI=1S/C18H12Cl2INO3S/c1-25-15-5-3-10(7-14(15)21)8-16-17(23)22(18(24)26-16)9-11-2-4-12(19)13(20)6-11/h2-8H,9H2,1H3/b16-8-. The van der Waals surface area contributed by atoms with Crippen molar-refractivity contribution in [1.82, 2.24) is 4.90 Å². The third-order valence-electron chi connectivity index (χ3n) is 3.67. The zero-order chi connectivity index (χ0) is 18.8. The van der Waals surface area contributed by atoms with Crippen molar-refractivity contribution in [2.24, 2.45) is 0 Å². The molecule has 0 unspecified atom stereocenters. The van der Waals surface area contributed by atoms with Crippen LogP contribution in [0.5, 0.6) is 5.75 Å². The van der Waals surface area contributed by atoms with Gasteiger partial charge in [0.2, 0.25) is 0 Å². The van der Waals surface area contributed by atoms with Crippen molar-refractivity contribution in [1.29, 1.82) is 0 Å². The Kier molecular flexibility index (Phi) is 6.17. The number of halogens is 3. The zero-order valence-corrected chi connectivity index (χ0v) is 17.9. The molecular formula is C18H12Cl2INO3S. The summed E-state index contributed by atoms with van der Waals surface area (Å²) in [6.45, 7) is 0.152. The predicted molar refractivity (Wildman–Crippen MR) is 114 cm³/mol. The molecule has 2 amide bonds. The molecule has 1 heterocycles. The monoisotopic (exact) mass is 519 g/mol. The van der Waals surface area contributed by atoms with Crippen LogP contribution in [0, 0.1) is 3.57 Å². The van der Waals surface area contributed by atoms with Gasteiger partial charge in [0.15, 0.2) is 0 Å². The van der Waals surface area contributed by atoms with Crippen molar-refractivity contribution in [3.63, 3.8) is 0 Å². The number of carbonyl (C=O) groups is 2. The number of carbonyl (C=O) groups excluding carboxylic acids is 2. The number of benzene rings is 2. The van der Waals surface area contributed by atoms with Crippen LogP contribution in [0.1, 0.15) is 11.1 Å². The molecule has 0 spiro atoms. The first-order chi connectivity index (χ1) is 12.4. The highest BCUT2D eigenvalue weighted by Gasteiger charge is 2.35. The second kappa shape index (κ2) is 8.21. The molecule has 4 nitrogen and oxygen atoms in total. The highest BCUT2D eigenvalue weighted by atomic mass is 127. The summed E-state index contributed by atoms with van der Waals surface area (Å²) >= 11 is 15.0. The molecule has 0 bridgehead atoms. The van der Waals surface area contributed by atoms with Gasteiger partial charge in [-0.1, -0.05) is 35.3 Å². The minimum Gasteiger partial charge on any atom is -0.496 e. The van der Waals surface area contributed by atoms with E-state index in [1.54, 1.807) is 31.4 Å². The molecule has 0 saturated carbocycles. The Morgan fingerprint density at radius 1 is 1.15 bits per heavy atom. The highest BCUT2D eigenvalue weighted by molar-refractivity contribution is 14.1. The second-order valence-electron chi connectivity index (χ2n) is 5.41. The Bertz CT molecular complexity index is 933. The summed E-state index contributed by atoms with van der Waals surface area (Å²) in [6, 6.07) is 10.6. The minimum absolute atomic E-state index is 0.152. The third-order valence-corrected chi connectivity index (χ3v) is 6.16. The number of ether oxygens (including phenoxy) is 1. The van der Waals surface area contributed by atoms with Crippen molar-refractivity contribution >= 4 is 74.8 Å². The molecule has 1 aliphatic rings. The maximum atomic E-state index is 12.6. The summed E-state index contributed by atoms with van der Waals surface area (Å²) in [7, 11) is 1.60. The van der Waals surface area contributed by atoms with E-state index in [9.17, 15) is 9.59 Å². The first-order valence-corrected chi connectivity index (χ1v) is 10.1. The Morgan fingerprint density at radius 2 is 1.92 bits per heavy atom. The molecular weight excluding hydrogens is 508 g/mol. The summed E-state index contributed by atoms with van der Waals surface area (Å²) in [4.78, 5) is 26.5. The van der Waals surface area contributed by atoms with Crippen molar-refractivity contribution < 1.29 is 14.3 Å². The lowest BCUT2D eigenvalue weighted by molar-refractivity contribution is -0.123. The van der Waals surface area contributed by atoms with Crippen molar-refractivity contribution in [3.05, 3.63) is 66.0 Å². The fourth-order valence-electron chi connectivity index (χ4n) is 2.38. The molecule has 2 aromatic rings. The van der Waals surface area contributed by atoms with Crippen LogP contribution in [0.2, 0.25) is 10.0 Å². The largest absolute Gasteiger partial charge is 0.496 e. The van der Waals surface area contributed by atoms with Gasteiger partial charge >= 0.3 is 0 Å². The molecule has 134 valence electrons. The van der Waals surface area contributed by atoms with Crippen LogP contribution < -0.4 is 4.74 Å². The summed E-state index contributed by atoms with van der Waals surface area (Å²) in [5.41, 5.74) is 1.57. The van der Waals surface area contributed by atoms with Gasteiger partial charge < -0.3 is 4.74 Å². The summed E-state index contributed by atoms with van der Waals surface area (Å²) in [5.74, 6) is 0.437. The van der Waals surface area contributed by atoms with Crippen LogP contribution in [0.3, 0.4) is 0 Å². The quantitative estimate of drug-likeness (QED) is 0.376. The fraction of sp³-hybridized carbons (Fsp3) is 0.111. The topological polar surface area (TPSA) is 46.6 Å². The van der Waals surface area contributed by atoms with Crippen molar-refractivity contribution in [2.75, 3.05) is 7.11 Å². The Labute approximate surface area is 178 Å². The van der Waals surface area contributed by atoms with Crippen molar-refractivity contribution in [2.45, 2.75) is 6.54 Å². The van der Waals surface area contributed by atoms with Crippen LogP contribution in [-0.2, 0) is 11.3 Å². The van der Waals surface area contributed by atoms with Gasteiger partial charge in [-0.3, -0.25) is 14.5 Å². The lowest BCUT2D eigenvalue weighted by atomic mass is 10.2. The average Bonchev–Trinajstić information content (AvgIpc) is 2.86. The molecule has 0 atom stereocenters. The molecule has 26 heavy (non-hydrogen) atoms. The first-order valence-electron chi connectivity index (χ1n) is 7.42. The molecule has 1 saturated heterocycles. The van der Waals surface area contributed by atoms with Crippen LogP contribution in [0.15, 0.2) is 41.3 Å².